The number of hydrogen-bond acceptors (Lipinski definition) is 3. The Labute approximate surface area is 116 Å². The minimum absolute atomic E-state index is 0.321. The normalized spacial score (nSPS) is 10.2. The fraction of sp³-hybridized carbons (Fsp3) is 0.0667. The molecular formula is C15H15N3O2. The van der Waals surface area contributed by atoms with Gasteiger partial charge in [-0.3, -0.25) is 9.59 Å². The number of nitrogen functional groups attached to an aromatic ring is 1. The molecule has 0 aliphatic carbocycles. The summed E-state index contributed by atoms with van der Waals surface area (Å²) < 4.78 is 0. The monoisotopic (exact) mass is 269 g/mol. The molecule has 0 bridgehead atoms. The molecule has 0 saturated carbocycles. The topological polar surface area (TPSA) is 112 Å². The van der Waals surface area contributed by atoms with Crippen LogP contribution in [-0.4, -0.2) is 11.8 Å². The average molecular weight is 269 g/mol. The Morgan fingerprint density at radius 2 is 1.60 bits per heavy atom. The lowest BCUT2D eigenvalue weighted by atomic mass is 9.93. The van der Waals surface area contributed by atoms with E-state index in [2.05, 4.69) is 0 Å². The van der Waals surface area contributed by atoms with E-state index in [1.165, 1.54) is 12.1 Å². The number of nitrogens with two attached hydrogens (primary N) is 3. The van der Waals surface area contributed by atoms with Crippen molar-refractivity contribution in [2.24, 2.45) is 11.5 Å². The molecule has 2 aromatic carbocycles. The summed E-state index contributed by atoms with van der Waals surface area (Å²) in [6.07, 6.45) is 0. The number of hydrogen-bond donors (Lipinski definition) is 3. The predicted octanol–water partition coefficient (Wildman–Crippen LogP) is 1.44. The van der Waals surface area contributed by atoms with E-state index >= 15 is 0 Å². The lowest BCUT2D eigenvalue weighted by Gasteiger charge is -2.12. The zero-order chi connectivity index (χ0) is 14.9. The van der Waals surface area contributed by atoms with Crippen LogP contribution in [0.2, 0.25) is 0 Å². The quantitative estimate of drug-likeness (QED) is 0.733. The minimum Gasteiger partial charge on any atom is -0.399 e. The number of amides is 2. The maximum absolute atomic E-state index is 11.5. The third kappa shape index (κ3) is 2.47. The fourth-order valence-electron chi connectivity index (χ4n) is 2.12. The molecule has 102 valence electrons. The van der Waals surface area contributed by atoms with E-state index in [1.807, 2.05) is 6.92 Å². The van der Waals surface area contributed by atoms with Crippen molar-refractivity contribution in [1.29, 1.82) is 0 Å². The molecule has 0 atom stereocenters. The summed E-state index contributed by atoms with van der Waals surface area (Å²) in [6.45, 7) is 1.87. The van der Waals surface area contributed by atoms with Gasteiger partial charge < -0.3 is 17.2 Å². The van der Waals surface area contributed by atoms with E-state index in [0.717, 1.165) is 11.1 Å². The molecule has 2 amide bonds. The van der Waals surface area contributed by atoms with Crippen LogP contribution in [0.3, 0.4) is 0 Å². The van der Waals surface area contributed by atoms with Crippen molar-refractivity contribution in [2.75, 3.05) is 5.73 Å². The van der Waals surface area contributed by atoms with E-state index in [9.17, 15) is 9.59 Å². The van der Waals surface area contributed by atoms with Crippen LogP contribution >= 0.6 is 0 Å². The molecule has 2 rings (SSSR count). The highest BCUT2D eigenvalue weighted by Crippen LogP contribution is 2.29. The van der Waals surface area contributed by atoms with Crippen molar-refractivity contribution in [3.05, 3.63) is 53.1 Å². The molecule has 20 heavy (non-hydrogen) atoms. The maximum Gasteiger partial charge on any atom is 0.249 e. The van der Waals surface area contributed by atoms with Crippen LogP contribution in [0.25, 0.3) is 11.1 Å². The second-order valence-corrected chi connectivity index (χ2v) is 4.56. The van der Waals surface area contributed by atoms with Crippen LogP contribution in [0.5, 0.6) is 0 Å². The van der Waals surface area contributed by atoms with Crippen molar-refractivity contribution >= 4 is 17.5 Å². The van der Waals surface area contributed by atoms with Crippen molar-refractivity contribution in [3.63, 3.8) is 0 Å². The number of rotatable bonds is 3. The number of anilines is 1. The number of carbonyl (C=O) groups excluding carboxylic acids is 2. The Hall–Kier alpha value is -2.82. The Morgan fingerprint density at radius 3 is 2.15 bits per heavy atom. The SMILES string of the molecule is Cc1cc(N)ccc1-c1cc(C(N)=O)ccc1C(N)=O. The molecule has 0 aliphatic rings. The summed E-state index contributed by atoms with van der Waals surface area (Å²) in [7, 11) is 0. The van der Waals surface area contributed by atoms with Gasteiger partial charge in [0.1, 0.15) is 0 Å². The van der Waals surface area contributed by atoms with Crippen LogP contribution in [-0.2, 0) is 0 Å². The highest BCUT2D eigenvalue weighted by molar-refractivity contribution is 6.03. The Morgan fingerprint density at radius 1 is 0.900 bits per heavy atom. The van der Waals surface area contributed by atoms with Crippen LogP contribution in [0, 0.1) is 6.92 Å². The summed E-state index contributed by atoms with van der Waals surface area (Å²) in [5.41, 5.74) is 19.9. The molecule has 2 aromatic rings. The Kier molecular flexibility index (Phi) is 3.43. The predicted molar refractivity (Wildman–Crippen MR) is 78.1 cm³/mol. The first-order valence-corrected chi connectivity index (χ1v) is 6.00. The van der Waals surface area contributed by atoms with E-state index in [1.54, 1.807) is 24.3 Å². The largest absolute Gasteiger partial charge is 0.399 e. The van der Waals surface area contributed by atoms with Gasteiger partial charge in [0, 0.05) is 16.8 Å². The van der Waals surface area contributed by atoms with Gasteiger partial charge in [-0.2, -0.15) is 0 Å². The van der Waals surface area contributed by atoms with Gasteiger partial charge in [0.2, 0.25) is 11.8 Å². The smallest absolute Gasteiger partial charge is 0.249 e. The second-order valence-electron chi connectivity index (χ2n) is 4.56. The van der Waals surface area contributed by atoms with Crippen molar-refractivity contribution in [3.8, 4) is 11.1 Å². The fourth-order valence-corrected chi connectivity index (χ4v) is 2.12. The lowest BCUT2D eigenvalue weighted by molar-refractivity contribution is 0.0989. The van der Waals surface area contributed by atoms with Gasteiger partial charge >= 0.3 is 0 Å². The summed E-state index contributed by atoms with van der Waals surface area (Å²) in [5.74, 6) is -1.12. The first kappa shape index (κ1) is 13.6. The molecule has 5 heteroatoms. The molecule has 0 saturated heterocycles. The Bertz CT molecular complexity index is 708. The van der Waals surface area contributed by atoms with Gasteiger partial charge in [-0.15, -0.1) is 0 Å². The number of aryl methyl sites for hydroxylation is 1. The van der Waals surface area contributed by atoms with Crippen LogP contribution < -0.4 is 17.2 Å². The van der Waals surface area contributed by atoms with Crippen LogP contribution in [0.1, 0.15) is 26.3 Å². The van der Waals surface area contributed by atoms with Gasteiger partial charge in [0.15, 0.2) is 0 Å². The summed E-state index contributed by atoms with van der Waals surface area (Å²) in [6, 6.07) is 9.87. The molecule has 0 heterocycles. The summed E-state index contributed by atoms with van der Waals surface area (Å²) in [4.78, 5) is 22.8. The van der Waals surface area contributed by atoms with E-state index in [-0.39, 0.29) is 0 Å². The molecule has 0 aliphatic heterocycles. The number of primary amides is 2. The van der Waals surface area contributed by atoms with Gasteiger partial charge in [-0.25, -0.2) is 0 Å². The molecule has 6 N–H and O–H groups in total. The third-order valence-electron chi connectivity index (χ3n) is 3.11. The molecule has 5 nitrogen and oxygen atoms in total. The van der Waals surface area contributed by atoms with Crippen molar-refractivity contribution < 1.29 is 9.59 Å². The minimum atomic E-state index is -0.563. The molecule has 0 aromatic heterocycles. The zero-order valence-corrected chi connectivity index (χ0v) is 11.0. The highest BCUT2D eigenvalue weighted by Gasteiger charge is 2.14. The van der Waals surface area contributed by atoms with Gasteiger partial charge in [0.25, 0.3) is 0 Å². The number of carbonyl (C=O) groups is 2. The molecular weight excluding hydrogens is 254 g/mol. The molecule has 0 spiro atoms. The molecule has 0 fully saturated rings. The molecule has 0 unspecified atom stereocenters. The maximum atomic E-state index is 11.5. The standard InChI is InChI=1S/C15H15N3O2/c1-8-6-10(16)3-5-11(8)13-7-9(14(17)19)2-4-12(13)15(18)20/h2-7H,16H2,1H3,(H2,17,19)(H2,18,20). The van der Waals surface area contributed by atoms with Crippen molar-refractivity contribution in [2.45, 2.75) is 6.92 Å². The van der Waals surface area contributed by atoms with Crippen molar-refractivity contribution in [1.82, 2.24) is 0 Å². The third-order valence-corrected chi connectivity index (χ3v) is 3.11. The van der Waals surface area contributed by atoms with Gasteiger partial charge in [0.05, 0.1) is 0 Å². The van der Waals surface area contributed by atoms with E-state index in [4.69, 9.17) is 17.2 Å². The summed E-state index contributed by atoms with van der Waals surface area (Å²) >= 11 is 0. The first-order valence-electron chi connectivity index (χ1n) is 6.00. The first-order chi connectivity index (χ1) is 9.40. The van der Waals surface area contributed by atoms with E-state index in [0.29, 0.717) is 22.4 Å². The Balaban J connectivity index is 2.72. The van der Waals surface area contributed by atoms with E-state index < -0.39 is 11.8 Å². The van der Waals surface area contributed by atoms with Crippen LogP contribution in [0.15, 0.2) is 36.4 Å². The average Bonchev–Trinajstić information content (AvgIpc) is 2.37. The highest BCUT2D eigenvalue weighted by atomic mass is 16.1. The summed E-state index contributed by atoms with van der Waals surface area (Å²) in [5, 5.41) is 0. The number of benzene rings is 2. The second kappa shape index (κ2) is 5.05. The lowest BCUT2D eigenvalue weighted by Crippen LogP contribution is -2.15. The molecule has 0 radical (unpaired) electrons. The van der Waals surface area contributed by atoms with Crippen LogP contribution in [0.4, 0.5) is 5.69 Å². The van der Waals surface area contributed by atoms with Gasteiger partial charge in [-0.05, 0) is 53.9 Å². The van der Waals surface area contributed by atoms with Gasteiger partial charge in [-0.1, -0.05) is 6.07 Å². The zero-order valence-electron chi connectivity index (χ0n) is 11.0.